The summed E-state index contributed by atoms with van der Waals surface area (Å²) < 4.78 is 26.3. The lowest BCUT2D eigenvalue weighted by Gasteiger charge is -2.25. The molecular formula is C11H14ClNO6S. The van der Waals surface area contributed by atoms with Crippen LogP contribution < -0.4 is 4.72 Å². The second kappa shape index (κ2) is 6.06. The predicted octanol–water partition coefficient (Wildman–Crippen LogP) is 0.0598. The van der Waals surface area contributed by atoms with Gasteiger partial charge in [-0.1, -0.05) is 11.6 Å². The third kappa shape index (κ3) is 3.68. The third-order valence-electron chi connectivity index (χ3n) is 2.56. The fourth-order valence-corrected chi connectivity index (χ4v) is 2.95. The summed E-state index contributed by atoms with van der Waals surface area (Å²) in [5.74, 6) is -1.36. The highest BCUT2D eigenvalue weighted by atomic mass is 35.5. The Morgan fingerprint density at radius 2 is 1.90 bits per heavy atom. The summed E-state index contributed by atoms with van der Waals surface area (Å²) in [5, 5.41) is 27.0. The first-order valence-electron chi connectivity index (χ1n) is 5.44. The lowest BCUT2D eigenvalue weighted by molar-refractivity contribution is 0.0696. The number of benzene rings is 1. The second-order valence-corrected chi connectivity index (χ2v) is 6.52. The van der Waals surface area contributed by atoms with Gasteiger partial charge in [0.15, 0.2) is 0 Å². The number of carboxylic acids is 1. The number of sulfonamides is 1. The van der Waals surface area contributed by atoms with E-state index in [2.05, 4.69) is 4.72 Å². The van der Waals surface area contributed by atoms with Crippen LogP contribution in [0.1, 0.15) is 17.3 Å². The fraction of sp³-hybridized carbons (Fsp3) is 0.364. The number of hydrogen-bond acceptors (Lipinski definition) is 5. The first-order valence-corrected chi connectivity index (χ1v) is 7.30. The molecule has 0 aromatic heterocycles. The first-order chi connectivity index (χ1) is 9.15. The van der Waals surface area contributed by atoms with Crippen LogP contribution in [-0.2, 0) is 10.0 Å². The Morgan fingerprint density at radius 3 is 2.35 bits per heavy atom. The number of rotatable bonds is 6. The smallest absolute Gasteiger partial charge is 0.337 e. The molecule has 9 heteroatoms. The van der Waals surface area contributed by atoms with Gasteiger partial charge in [-0.2, -0.15) is 0 Å². The van der Waals surface area contributed by atoms with Gasteiger partial charge in [0.2, 0.25) is 10.0 Å². The summed E-state index contributed by atoms with van der Waals surface area (Å²) in [4.78, 5) is 10.6. The molecule has 0 atom stereocenters. The average molecular weight is 324 g/mol. The third-order valence-corrected chi connectivity index (χ3v) is 4.52. The topological polar surface area (TPSA) is 124 Å². The van der Waals surface area contributed by atoms with E-state index in [-0.39, 0.29) is 15.5 Å². The molecule has 0 radical (unpaired) electrons. The molecule has 0 fully saturated rings. The van der Waals surface area contributed by atoms with Crippen LogP contribution >= 0.6 is 11.6 Å². The van der Waals surface area contributed by atoms with Crippen LogP contribution in [-0.4, -0.2) is 48.5 Å². The highest BCUT2D eigenvalue weighted by molar-refractivity contribution is 7.89. The SMILES string of the molecule is CC(CO)(CO)NS(=O)(=O)c1ccc(Cl)c(C(=O)O)c1. The Hall–Kier alpha value is -1.19. The van der Waals surface area contributed by atoms with Crippen LogP contribution in [0.4, 0.5) is 0 Å². The molecule has 20 heavy (non-hydrogen) atoms. The molecule has 0 aliphatic carbocycles. The number of aromatic carboxylic acids is 1. The molecule has 1 rings (SSSR count). The molecule has 0 bridgehead atoms. The number of hydrogen-bond donors (Lipinski definition) is 4. The van der Waals surface area contributed by atoms with E-state index in [9.17, 15) is 13.2 Å². The summed E-state index contributed by atoms with van der Waals surface area (Å²) in [6.07, 6.45) is 0. The van der Waals surface area contributed by atoms with E-state index in [4.69, 9.17) is 26.9 Å². The van der Waals surface area contributed by atoms with Crippen molar-refractivity contribution >= 4 is 27.6 Å². The van der Waals surface area contributed by atoms with Gasteiger partial charge in [-0.15, -0.1) is 0 Å². The van der Waals surface area contributed by atoms with Gasteiger partial charge in [0.1, 0.15) is 0 Å². The summed E-state index contributed by atoms with van der Waals surface area (Å²) in [7, 11) is -4.11. The molecule has 0 saturated heterocycles. The van der Waals surface area contributed by atoms with Crippen molar-refractivity contribution < 1.29 is 28.5 Å². The largest absolute Gasteiger partial charge is 0.478 e. The molecular weight excluding hydrogens is 310 g/mol. The molecule has 1 aromatic carbocycles. The van der Waals surface area contributed by atoms with Gasteiger partial charge < -0.3 is 15.3 Å². The molecule has 0 aliphatic heterocycles. The van der Waals surface area contributed by atoms with Gasteiger partial charge in [-0.25, -0.2) is 17.9 Å². The number of halogens is 1. The number of carboxylic acid groups (broad SMARTS) is 1. The molecule has 4 N–H and O–H groups in total. The Morgan fingerprint density at radius 1 is 1.35 bits per heavy atom. The van der Waals surface area contributed by atoms with Crippen LogP contribution in [0.15, 0.2) is 23.1 Å². The molecule has 0 saturated carbocycles. The molecule has 0 spiro atoms. The highest BCUT2D eigenvalue weighted by Gasteiger charge is 2.30. The van der Waals surface area contributed by atoms with Crippen LogP contribution in [0.25, 0.3) is 0 Å². The highest BCUT2D eigenvalue weighted by Crippen LogP contribution is 2.21. The minimum absolute atomic E-state index is 0.0940. The van der Waals surface area contributed by atoms with Crippen molar-refractivity contribution in [2.75, 3.05) is 13.2 Å². The summed E-state index contributed by atoms with van der Waals surface area (Å²) in [6, 6.07) is 3.18. The number of carbonyl (C=O) groups is 1. The lowest BCUT2D eigenvalue weighted by Crippen LogP contribution is -2.51. The van der Waals surface area contributed by atoms with Crippen molar-refractivity contribution in [1.82, 2.24) is 4.72 Å². The molecule has 0 heterocycles. The summed E-state index contributed by atoms with van der Waals surface area (Å²) in [6.45, 7) is 0.0583. The molecule has 1 aromatic rings. The zero-order valence-electron chi connectivity index (χ0n) is 10.5. The number of aliphatic hydroxyl groups is 2. The van der Waals surface area contributed by atoms with E-state index in [1.165, 1.54) is 6.92 Å². The molecule has 0 unspecified atom stereocenters. The monoisotopic (exact) mass is 323 g/mol. The minimum atomic E-state index is -4.11. The van der Waals surface area contributed by atoms with E-state index in [0.717, 1.165) is 18.2 Å². The second-order valence-electron chi connectivity index (χ2n) is 4.43. The van der Waals surface area contributed by atoms with Gasteiger partial charge in [0.25, 0.3) is 0 Å². The summed E-state index contributed by atoms with van der Waals surface area (Å²) >= 11 is 5.65. The molecule has 0 aliphatic rings. The van der Waals surface area contributed by atoms with Crippen LogP contribution in [0, 0.1) is 0 Å². The Bertz CT molecular complexity index is 611. The van der Waals surface area contributed by atoms with Gasteiger partial charge in [0.05, 0.1) is 34.2 Å². The van der Waals surface area contributed by atoms with Crippen molar-refractivity contribution in [3.8, 4) is 0 Å². The zero-order valence-corrected chi connectivity index (χ0v) is 12.1. The van der Waals surface area contributed by atoms with Gasteiger partial charge in [-0.3, -0.25) is 0 Å². The average Bonchev–Trinajstić information content (AvgIpc) is 2.38. The van der Waals surface area contributed by atoms with Crippen LogP contribution in [0.5, 0.6) is 0 Å². The maximum Gasteiger partial charge on any atom is 0.337 e. The maximum absolute atomic E-state index is 12.1. The van der Waals surface area contributed by atoms with Gasteiger partial charge in [-0.05, 0) is 25.1 Å². The van der Waals surface area contributed by atoms with Crippen molar-refractivity contribution in [1.29, 1.82) is 0 Å². The van der Waals surface area contributed by atoms with Crippen LogP contribution in [0.3, 0.4) is 0 Å². The number of aliphatic hydroxyl groups excluding tert-OH is 2. The van der Waals surface area contributed by atoms with Crippen molar-refractivity contribution in [2.24, 2.45) is 0 Å². The Labute approximate surface area is 120 Å². The molecule has 112 valence electrons. The first kappa shape index (κ1) is 16.9. The standard InChI is InChI=1S/C11H14ClNO6S/c1-11(5-14,6-15)13-20(18,19)7-2-3-9(12)8(4-7)10(16)17/h2-4,13-15H,5-6H2,1H3,(H,16,17). The summed E-state index contributed by atoms with van der Waals surface area (Å²) in [5.41, 5.74) is -1.81. The quantitative estimate of drug-likeness (QED) is 0.587. The lowest BCUT2D eigenvalue weighted by atomic mass is 10.1. The van der Waals surface area contributed by atoms with E-state index in [1.807, 2.05) is 0 Å². The van der Waals surface area contributed by atoms with E-state index in [0.29, 0.717) is 0 Å². The number of nitrogens with one attached hydrogen (secondary N) is 1. The molecule has 7 nitrogen and oxygen atoms in total. The van der Waals surface area contributed by atoms with Crippen LogP contribution in [0.2, 0.25) is 5.02 Å². The van der Waals surface area contributed by atoms with Crippen molar-refractivity contribution in [3.63, 3.8) is 0 Å². The predicted molar refractivity (Wildman–Crippen MR) is 71.3 cm³/mol. The fourth-order valence-electron chi connectivity index (χ4n) is 1.33. The van der Waals surface area contributed by atoms with E-state index < -0.39 is 34.7 Å². The maximum atomic E-state index is 12.1. The Kier molecular flexibility index (Phi) is 5.11. The minimum Gasteiger partial charge on any atom is -0.478 e. The van der Waals surface area contributed by atoms with E-state index >= 15 is 0 Å². The Balaban J connectivity index is 3.23. The zero-order chi connectivity index (χ0) is 15.6. The van der Waals surface area contributed by atoms with Crippen molar-refractivity contribution in [2.45, 2.75) is 17.4 Å². The van der Waals surface area contributed by atoms with Gasteiger partial charge >= 0.3 is 5.97 Å². The molecule has 0 amide bonds. The normalized spacial score (nSPS) is 12.4. The van der Waals surface area contributed by atoms with E-state index in [1.54, 1.807) is 0 Å². The van der Waals surface area contributed by atoms with Crippen molar-refractivity contribution in [3.05, 3.63) is 28.8 Å². The van der Waals surface area contributed by atoms with Gasteiger partial charge in [0, 0.05) is 0 Å².